The number of nitrogens with zero attached hydrogens (tertiary/aromatic N) is 1. The second-order valence-corrected chi connectivity index (χ2v) is 9.65. The van der Waals surface area contributed by atoms with Crippen LogP contribution >= 0.6 is 0 Å². The number of para-hydroxylation sites is 2. The summed E-state index contributed by atoms with van der Waals surface area (Å²) < 4.78 is 11.9. The highest BCUT2D eigenvalue weighted by Crippen LogP contribution is 2.33. The van der Waals surface area contributed by atoms with Crippen LogP contribution in [0.15, 0.2) is 78.9 Å². The van der Waals surface area contributed by atoms with Crippen LogP contribution in [0.5, 0.6) is 17.2 Å². The van der Waals surface area contributed by atoms with E-state index in [2.05, 4.69) is 5.32 Å². The first-order valence-electron chi connectivity index (χ1n) is 12.9. The standard InChI is InChI=1S/C30H32N2O5/c33-24-17-15-22(16-18-24)28(29(34)31-23-11-5-2-6-12-23)32(19-21-9-3-1-4-10-21)30(35)27-20-36-25-13-7-8-14-26(25)37-27/h1,3-4,7-10,13-18,23,27-28,33H,2,5-6,11-12,19-20H2,(H,31,34)/t27-,28+/m0/s1. The molecule has 37 heavy (non-hydrogen) atoms. The van der Waals surface area contributed by atoms with Crippen molar-refractivity contribution >= 4 is 11.8 Å². The molecular weight excluding hydrogens is 468 g/mol. The van der Waals surface area contributed by atoms with Gasteiger partial charge in [-0.05, 0) is 48.2 Å². The molecule has 7 nitrogen and oxygen atoms in total. The van der Waals surface area contributed by atoms with E-state index in [0.717, 1.165) is 31.2 Å². The van der Waals surface area contributed by atoms with E-state index in [0.29, 0.717) is 17.1 Å². The number of hydrogen-bond donors (Lipinski definition) is 2. The van der Waals surface area contributed by atoms with Crippen LogP contribution in [0.3, 0.4) is 0 Å². The quantitative estimate of drug-likeness (QED) is 0.489. The van der Waals surface area contributed by atoms with E-state index in [1.807, 2.05) is 42.5 Å². The Hall–Kier alpha value is -4.00. The first kappa shape index (κ1) is 24.7. The van der Waals surface area contributed by atoms with Gasteiger partial charge in [-0.25, -0.2) is 0 Å². The Bertz CT molecular complexity index is 1210. The summed E-state index contributed by atoms with van der Waals surface area (Å²) in [7, 11) is 0. The second-order valence-electron chi connectivity index (χ2n) is 9.65. The maximum Gasteiger partial charge on any atom is 0.268 e. The summed E-state index contributed by atoms with van der Waals surface area (Å²) in [6.07, 6.45) is 4.28. The summed E-state index contributed by atoms with van der Waals surface area (Å²) in [5, 5.41) is 13.1. The number of aromatic hydroxyl groups is 1. The molecule has 192 valence electrons. The van der Waals surface area contributed by atoms with Crippen molar-refractivity contribution in [1.29, 1.82) is 0 Å². The zero-order chi connectivity index (χ0) is 25.6. The highest BCUT2D eigenvalue weighted by atomic mass is 16.6. The van der Waals surface area contributed by atoms with Gasteiger partial charge >= 0.3 is 0 Å². The van der Waals surface area contributed by atoms with Crippen molar-refractivity contribution in [1.82, 2.24) is 10.2 Å². The topological polar surface area (TPSA) is 88.1 Å². The smallest absolute Gasteiger partial charge is 0.268 e. The van der Waals surface area contributed by atoms with Crippen molar-refractivity contribution in [2.24, 2.45) is 0 Å². The third-order valence-corrected chi connectivity index (χ3v) is 6.98. The van der Waals surface area contributed by atoms with Gasteiger partial charge in [0, 0.05) is 12.6 Å². The van der Waals surface area contributed by atoms with Crippen molar-refractivity contribution in [3.05, 3.63) is 90.0 Å². The van der Waals surface area contributed by atoms with Crippen molar-refractivity contribution in [2.45, 2.75) is 56.8 Å². The minimum atomic E-state index is -0.906. The molecule has 0 radical (unpaired) electrons. The Balaban J connectivity index is 1.49. The molecule has 0 saturated heterocycles. The number of hydrogen-bond acceptors (Lipinski definition) is 5. The van der Waals surface area contributed by atoms with Crippen LogP contribution in [0.25, 0.3) is 0 Å². The van der Waals surface area contributed by atoms with Gasteiger partial charge in [0.2, 0.25) is 12.0 Å². The van der Waals surface area contributed by atoms with E-state index in [4.69, 9.17) is 9.47 Å². The molecule has 0 unspecified atom stereocenters. The van der Waals surface area contributed by atoms with E-state index in [-0.39, 0.29) is 36.8 Å². The third-order valence-electron chi connectivity index (χ3n) is 6.98. The maximum absolute atomic E-state index is 14.1. The number of ether oxygens (including phenoxy) is 2. The number of nitrogens with one attached hydrogen (secondary N) is 1. The Morgan fingerprint density at radius 1 is 0.892 bits per heavy atom. The lowest BCUT2D eigenvalue weighted by atomic mass is 9.94. The van der Waals surface area contributed by atoms with Crippen LogP contribution in [0.1, 0.15) is 49.3 Å². The fourth-order valence-corrected chi connectivity index (χ4v) is 5.06. The Labute approximate surface area is 217 Å². The van der Waals surface area contributed by atoms with E-state index in [1.54, 1.807) is 29.2 Å². The van der Waals surface area contributed by atoms with Crippen LogP contribution in [0.2, 0.25) is 0 Å². The van der Waals surface area contributed by atoms with Gasteiger partial charge in [-0.2, -0.15) is 0 Å². The van der Waals surface area contributed by atoms with Crippen LogP contribution in [-0.4, -0.2) is 40.6 Å². The minimum absolute atomic E-state index is 0.0493. The number of rotatable bonds is 7. The van der Waals surface area contributed by atoms with E-state index in [9.17, 15) is 14.7 Å². The van der Waals surface area contributed by atoms with Gasteiger partial charge in [0.25, 0.3) is 5.91 Å². The normalized spacial score (nSPS) is 18.0. The van der Waals surface area contributed by atoms with E-state index < -0.39 is 12.1 Å². The molecule has 2 amide bonds. The molecule has 2 N–H and O–H groups in total. The third kappa shape index (κ3) is 5.88. The predicted molar refractivity (Wildman–Crippen MR) is 139 cm³/mol. The fourth-order valence-electron chi connectivity index (χ4n) is 5.06. The first-order chi connectivity index (χ1) is 18.1. The molecule has 2 aliphatic rings. The summed E-state index contributed by atoms with van der Waals surface area (Å²) in [6.45, 7) is 0.262. The lowest BCUT2D eigenvalue weighted by Crippen LogP contribution is -2.52. The van der Waals surface area contributed by atoms with Gasteiger partial charge in [0.15, 0.2) is 11.5 Å². The average Bonchev–Trinajstić information content (AvgIpc) is 2.94. The molecule has 1 heterocycles. The summed E-state index contributed by atoms with van der Waals surface area (Å²) in [6, 6.07) is 22.5. The van der Waals surface area contributed by atoms with Crippen LogP contribution in [0, 0.1) is 0 Å². The molecule has 5 rings (SSSR count). The second kappa shape index (κ2) is 11.4. The molecule has 1 aliphatic heterocycles. The van der Waals surface area contributed by atoms with Crippen molar-refractivity contribution in [2.75, 3.05) is 6.61 Å². The zero-order valence-electron chi connectivity index (χ0n) is 20.7. The number of amides is 2. The van der Waals surface area contributed by atoms with Gasteiger partial charge < -0.3 is 24.8 Å². The number of phenolic OH excluding ortho intramolecular Hbond substituents is 1. The highest BCUT2D eigenvalue weighted by molar-refractivity contribution is 5.91. The molecule has 1 aliphatic carbocycles. The van der Waals surface area contributed by atoms with Crippen LogP contribution in [-0.2, 0) is 16.1 Å². The Morgan fingerprint density at radius 2 is 1.57 bits per heavy atom. The number of carbonyl (C=O) groups is 2. The van der Waals surface area contributed by atoms with E-state index in [1.165, 1.54) is 18.6 Å². The lowest BCUT2D eigenvalue weighted by molar-refractivity contribution is -0.149. The number of carbonyl (C=O) groups excluding carboxylic acids is 2. The largest absolute Gasteiger partial charge is 0.508 e. The summed E-state index contributed by atoms with van der Waals surface area (Å²) in [4.78, 5) is 29.5. The van der Waals surface area contributed by atoms with Gasteiger partial charge in [0.05, 0.1) is 0 Å². The molecule has 7 heteroatoms. The van der Waals surface area contributed by atoms with E-state index >= 15 is 0 Å². The first-order valence-corrected chi connectivity index (χ1v) is 12.9. The molecule has 3 aromatic carbocycles. The van der Waals surface area contributed by atoms with Crippen LogP contribution in [0.4, 0.5) is 0 Å². The monoisotopic (exact) mass is 500 g/mol. The highest BCUT2D eigenvalue weighted by Gasteiger charge is 2.38. The molecule has 0 aromatic heterocycles. The van der Waals surface area contributed by atoms with Crippen LogP contribution < -0.4 is 14.8 Å². The summed E-state index contributed by atoms with van der Waals surface area (Å²) >= 11 is 0. The molecule has 0 bridgehead atoms. The minimum Gasteiger partial charge on any atom is -0.508 e. The number of benzene rings is 3. The molecule has 1 fully saturated rings. The molecule has 3 aromatic rings. The number of phenols is 1. The van der Waals surface area contributed by atoms with Crippen molar-refractivity contribution < 1.29 is 24.2 Å². The Morgan fingerprint density at radius 3 is 2.30 bits per heavy atom. The van der Waals surface area contributed by atoms with Gasteiger partial charge in [-0.1, -0.05) is 73.9 Å². The van der Waals surface area contributed by atoms with Crippen molar-refractivity contribution in [3.8, 4) is 17.2 Å². The SMILES string of the molecule is O=C(NC1CCCCC1)[C@@H](c1ccc(O)cc1)N(Cc1ccccc1)C(=O)[C@@H]1COc2ccccc2O1. The molecular formula is C30H32N2O5. The average molecular weight is 501 g/mol. The lowest BCUT2D eigenvalue weighted by Gasteiger charge is -2.36. The molecule has 1 saturated carbocycles. The van der Waals surface area contributed by atoms with Gasteiger partial charge in [-0.3, -0.25) is 9.59 Å². The fraction of sp³-hybridized carbons (Fsp3) is 0.333. The molecule has 2 atom stereocenters. The van der Waals surface area contributed by atoms with Crippen molar-refractivity contribution in [3.63, 3.8) is 0 Å². The Kier molecular flexibility index (Phi) is 7.59. The molecule has 0 spiro atoms. The number of fused-ring (bicyclic) bond motifs is 1. The summed E-state index contributed by atoms with van der Waals surface area (Å²) in [5.74, 6) is 0.608. The van der Waals surface area contributed by atoms with Gasteiger partial charge in [0.1, 0.15) is 18.4 Å². The summed E-state index contributed by atoms with van der Waals surface area (Å²) in [5.41, 5.74) is 1.51. The predicted octanol–water partition coefficient (Wildman–Crippen LogP) is 4.75. The maximum atomic E-state index is 14.1. The van der Waals surface area contributed by atoms with Gasteiger partial charge in [-0.15, -0.1) is 0 Å². The zero-order valence-corrected chi connectivity index (χ0v) is 20.7.